The molecule has 0 saturated carbocycles. The summed E-state index contributed by atoms with van der Waals surface area (Å²) in [6.07, 6.45) is 1.57. The number of carbonyl (C=O) groups excluding carboxylic acids is 1. The van der Waals surface area contributed by atoms with E-state index in [9.17, 15) is 13.8 Å². The molecule has 5 nitrogen and oxygen atoms in total. The number of halogens is 1. The molecular formula is C11H15BrN2O3S. The van der Waals surface area contributed by atoms with E-state index in [1.807, 2.05) is 0 Å². The van der Waals surface area contributed by atoms with Crippen LogP contribution in [0.5, 0.6) is 0 Å². The predicted molar refractivity (Wildman–Crippen MR) is 75.4 cm³/mol. The molecule has 18 heavy (non-hydrogen) atoms. The zero-order chi connectivity index (χ0) is 13.9. The smallest absolute Gasteiger partial charge is 0.261 e. The standard InChI is InChI=1S/C11H15BrN2O3S/c1-6(5-18(3)17)13-10(15)8-4-9(12)7(2)14-11(8)16/h4,6H,5H2,1-3H3,(H,13,15)(H,14,16)/t6-,18-/m1/s1. The number of H-pyrrole nitrogens is 1. The molecule has 0 unspecified atom stereocenters. The molecule has 7 heteroatoms. The van der Waals surface area contributed by atoms with Gasteiger partial charge in [0.15, 0.2) is 0 Å². The van der Waals surface area contributed by atoms with E-state index >= 15 is 0 Å². The Morgan fingerprint density at radius 3 is 2.78 bits per heavy atom. The number of amides is 1. The monoisotopic (exact) mass is 334 g/mol. The van der Waals surface area contributed by atoms with Gasteiger partial charge in [0.1, 0.15) is 5.56 Å². The van der Waals surface area contributed by atoms with Crippen LogP contribution >= 0.6 is 15.9 Å². The fourth-order valence-corrected chi connectivity index (χ4v) is 2.58. The van der Waals surface area contributed by atoms with E-state index < -0.39 is 22.3 Å². The number of aromatic nitrogens is 1. The first kappa shape index (κ1) is 15.1. The fourth-order valence-electron chi connectivity index (χ4n) is 1.46. The average Bonchev–Trinajstić information content (AvgIpc) is 2.21. The van der Waals surface area contributed by atoms with Gasteiger partial charge >= 0.3 is 0 Å². The molecule has 2 N–H and O–H groups in total. The van der Waals surface area contributed by atoms with E-state index in [2.05, 4.69) is 26.2 Å². The summed E-state index contributed by atoms with van der Waals surface area (Å²) in [5.41, 5.74) is 0.276. The minimum atomic E-state index is -0.992. The van der Waals surface area contributed by atoms with Crippen molar-refractivity contribution in [1.82, 2.24) is 10.3 Å². The maximum absolute atomic E-state index is 11.9. The van der Waals surface area contributed by atoms with Crippen molar-refractivity contribution in [3.63, 3.8) is 0 Å². The van der Waals surface area contributed by atoms with Gasteiger partial charge < -0.3 is 10.3 Å². The van der Waals surface area contributed by atoms with Crippen LogP contribution in [0.3, 0.4) is 0 Å². The highest BCUT2D eigenvalue weighted by Gasteiger charge is 2.15. The number of hydrogen-bond donors (Lipinski definition) is 2. The zero-order valence-electron chi connectivity index (χ0n) is 10.4. The van der Waals surface area contributed by atoms with Crippen molar-refractivity contribution >= 4 is 32.6 Å². The summed E-state index contributed by atoms with van der Waals surface area (Å²) in [5, 5.41) is 2.64. The van der Waals surface area contributed by atoms with Gasteiger partial charge in [-0.05, 0) is 35.8 Å². The number of aromatic amines is 1. The molecule has 0 radical (unpaired) electrons. The van der Waals surface area contributed by atoms with Gasteiger partial charge in [-0.3, -0.25) is 13.8 Å². The van der Waals surface area contributed by atoms with Gasteiger partial charge in [0.2, 0.25) is 0 Å². The lowest BCUT2D eigenvalue weighted by Gasteiger charge is -2.12. The van der Waals surface area contributed by atoms with Crippen LogP contribution in [0.4, 0.5) is 0 Å². The molecule has 1 rings (SSSR count). The Morgan fingerprint density at radius 2 is 2.22 bits per heavy atom. The van der Waals surface area contributed by atoms with Crippen molar-refractivity contribution in [2.24, 2.45) is 0 Å². The number of nitrogens with one attached hydrogen (secondary N) is 2. The predicted octanol–water partition coefficient (Wildman–Crippen LogP) is 0.943. The quantitative estimate of drug-likeness (QED) is 0.860. The third-order valence-electron chi connectivity index (χ3n) is 2.28. The molecule has 100 valence electrons. The van der Waals surface area contributed by atoms with Crippen molar-refractivity contribution in [1.29, 1.82) is 0 Å². The van der Waals surface area contributed by atoms with Crippen LogP contribution < -0.4 is 10.9 Å². The van der Waals surface area contributed by atoms with Crippen molar-refractivity contribution in [3.8, 4) is 0 Å². The second kappa shape index (κ2) is 6.29. The van der Waals surface area contributed by atoms with Crippen LogP contribution in [0.25, 0.3) is 0 Å². The summed E-state index contributed by atoms with van der Waals surface area (Å²) in [6.45, 7) is 3.48. The van der Waals surface area contributed by atoms with Crippen LogP contribution in [0.1, 0.15) is 23.0 Å². The van der Waals surface area contributed by atoms with Crippen LogP contribution in [-0.2, 0) is 10.8 Å². The first-order chi connectivity index (χ1) is 8.31. The molecule has 0 aliphatic rings. The third-order valence-corrected chi connectivity index (χ3v) is 4.07. The van der Waals surface area contributed by atoms with Crippen LogP contribution in [-0.4, -0.2) is 33.2 Å². The van der Waals surface area contributed by atoms with Gasteiger partial charge in [-0.25, -0.2) is 0 Å². The SMILES string of the molecule is Cc1[nH]c(=O)c(C(=O)N[C@H](C)C[S@@](C)=O)cc1Br. The van der Waals surface area contributed by atoms with Crippen LogP contribution in [0, 0.1) is 6.92 Å². The van der Waals surface area contributed by atoms with E-state index in [1.54, 1.807) is 20.1 Å². The highest BCUT2D eigenvalue weighted by Crippen LogP contribution is 2.12. The van der Waals surface area contributed by atoms with Gasteiger partial charge in [0.05, 0.1) is 0 Å². The summed E-state index contributed by atoms with van der Waals surface area (Å²) in [6, 6.07) is 1.24. The highest BCUT2D eigenvalue weighted by atomic mass is 79.9. The van der Waals surface area contributed by atoms with Gasteiger partial charge in [-0.2, -0.15) is 0 Å². The minimum absolute atomic E-state index is 0.0428. The number of rotatable bonds is 4. The molecule has 0 aliphatic heterocycles. The fraction of sp³-hybridized carbons (Fsp3) is 0.455. The molecule has 0 fully saturated rings. The van der Waals surface area contributed by atoms with Crippen LogP contribution in [0.2, 0.25) is 0 Å². The molecule has 0 spiro atoms. The van der Waals surface area contributed by atoms with E-state index in [1.165, 1.54) is 6.07 Å². The Bertz CT molecular complexity index is 542. The highest BCUT2D eigenvalue weighted by molar-refractivity contribution is 9.10. The normalized spacial score (nSPS) is 14.0. The molecule has 0 saturated heterocycles. The number of carbonyl (C=O) groups is 1. The first-order valence-corrected chi connectivity index (χ1v) is 7.83. The molecule has 0 aliphatic carbocycles. The molecule has 1 aromatic rings. The Morgan fingerprint density at radius 1 is 1.61 bits per heavy atom. The van der Waals surface area contributed by atoms with E-state index in [-0.39, 0.29) is 11.6 Å². The maximum atomic E-state index is 11.9. The molecule has 0 aromatic carbocycles. The van der Waals surface area contributed by atoms with Gasteiger partial charge in [0, 0.05) is 39.0 Å². The summed E-state index contributed by atoms with van der Waals surface area (Å²) in [5.74, 6) is -0.105. The Balaban J connectivity index is 2.88. The lowest BCUT2D eigenvalue weighted by atomic mass is 10.2. The first-order valence-electron chi connectivity index (χ1n) is 5.31. The van der Waals surface area contributed by atoms with E-state index in [0.29, 0.717) is 15.9 Å². The molecule has 2 atom stereocenters. The lowest BCUT2D eigenvalue weighted by molar-refractivity contribution is 0.0942. The zero-order valence-corrected chi connectivity index (χ0v) is 12.8. The van der Waals surface area contributed by atoms with Crippen molar-refractivity contribution in [3.05, 3.63) is 32.2 Å². The average molecular weight is 335 g/mol. The van der Waals surface area contributed by atoms with Gasteiger partial charge in [0.25, 0.3) is 11.5 Å². The molecule has 1 amide bonds. The number of pyridine rings is 1. The maximum Gasteiger partial charge on any atom is 0.261 e. The largest absolute Gasteiger partial charge is 0.348 e. The number of hydrogen-bond acceptors (Lipinski definition) is 3. The number of aryl methyl sites for hydroxylation is 1. The second-order valence-electron chi connectivity index (χ2n) is 4.10. The Hall–Kier alpha value is -0.950. The summed E-state index contributed by atoms with van der Waals surface area (Å²) < 4.78 is 11.7. The Labute approximate surface area is 116 Å². The minimum Gasteiger partial charge on any atom is -0.348 e. The Kier molecular flexibility index (Phi) is 5.28. The molecule has 1 heterocycles. The summed E-state index contributed by atoms with van der Waals surface area (Å²) >= 11 is 3.26. The van der Waals surface area contributed by atoms with E-state index in [0.717, 1.165) is 0 Å². The third kappa shape index (κ3) is 4.06. The van der Waals surface area contributed by atoms with Gasteiger partial charge in [-0.1, -0.05) is 0 Å². The second-order valence-corrected chi connectivity index (χ2v) is 6.43. The van der Waals surface area contributed by atoms with E-state index in [4.69, 9.17) is 0 Å². The topological polar surface area (TPSA) is 79.0 Å². The molecular weight excluding hydrogens is 320 g/mol. The summed E-state index contributed by atoms with van der Waals surface area (Å²) in [7, 11) is -0.992. The van der Waals surface area contributed by atoms with Crippen LogP contribution in [0.15, 0.2) is 15.3 Å². The lowest BCUT2D eigenvalue weighted by Crippen LogP contribution is -2.38. The van der Waals surface area contributed by atoms with Gasteiger partial charge in [-0.15, -0.1) is 0 Å². The molecule has 0 bridgehead atoms. The summed E-state index contributed by atoms with van der Waals surface area (Å²) in [4.78, 5) is 26.1. The molecule has 1 aromatic heterocycles. The van der Waals surface area contributed by atoms with Crippen molar-refractivity contribution in [2.75, 3.05) is 12.0 Å². The van der Waals surface area contributed by atoms with Crippen molar-refractivity contribution in [2.45, 2.75) is 19.9 Å². The van der Waals surface area contributed by atoms with Crippen molar-refractivity contribution < 1.29 is 9.00 Å².